The molecular formula is C21H23BrN2O2. The molecule has 3 rings (SSSR count). The second-order valence-corrected chi connectivity index (χ2v) is 8.18. The lowest BCUT2D eigenvalue weighted by Gasteiger charge is -2.16. The summed E-state index contributed by atoms with van der Waals surface area (Å²) in [6.45, 7) is 4.02. The first-order valence-corrected chi connectivity index (χ1v) is 9.66. The van der Waals surface area contributed by atoms with Crippen LogP contribution in [-0.4, -0.2) is 11.8 Å². The van der Waals surface area contributed by atoms with Gasteiger partial charge in [0, 0.05) is 22.3 Å². The number of halogens is 1. The monoisotopic (exact) mass is 414 g/mol. The van der Waals surface area contributed by atoms with Crippen molar-refractivity contribution in [2.24, 2.45) is 5.92 Å². The summed E-state index contributed by atoms with van der Waals surface area (Å²) in [5.74, 6) is 0.349. The highest BCUT2D eigenvalue weighted by atomic mass is 79.9. The molecule has 26 heavy (non-hydrogen) atoms. The minimum absolute atomic E-state index is 0.00366. The van der Waals surface area contributed by atoms with Gasteiger partial charge in [-0.15, -0.1) is 0 Å². The number of hydrogen-bond acceptors (Lipinski definition) is 2. The van der Waals surface area contributed by atoms with Crippen molar-refractivity contribution in [2.75, 3.05) is 10.6 Å². The maximum Gasteiger partial charge on any atom is 0.235 e. The fraction of sp³-hybridized carbons (Fsp3) is 0.333. The molecule has 0 aliphatic heterocycles. The molecule has 1 aliphatic rings. The van der Waals surface area contributed by atoms with Crippen LogP contribution in [-0.2, 0) is 15.0 Å². The molecule has 1 fully saturated rings. The van der Waals surface area contributed by atoms with Crippen molar-refractivity contribution in [3.63, 3.8) is 0 Å². The Morgan fingerprint density at radius 2 is 1.50 bits per heavy atom. The Morgan fingerprint density at radius 1 is 0.962 bits per heavy atom. The zero-order valence-corrected chi connectivity index (χ0v) is 16.6. The molecule has 5 heteroatoms. The van der Waals surface area contributed by atoms with E-state index >= 15 is 0 Å². The summed E-state index contributed by atoms with van der Waals surface area (Å²) >= 11 is 3.43. The van der Waals surface area contributed by atoms with Crippen LogP contribution in [0.5, 0.6) is 0 Å². The van der Waals surface area contributed by atoms with Crippen LogP contribution in [0.1, 0.15) is 38.7 Å². The van der Waals surface area contributed by atoms with Crippen LogP contribution in [0.4, 0.5) is 11.4 Å². The van der Waals surface area contributed by atoms with Gasteiger partial charge in [-0.1, -0.05) is 41.9 Å². The summed E-state index contributed by atoms with van der Waals surface area (Å²) in [6.07, 6.45) is 2.22. The number of nitrogens with one attached hydrogen (secondary N) is 2. The number of rotatable bonds is 6. The van der Waals surface area contributed by atoms with Gasteiger partial charge >= 0.3 is 0 Å². The zero-order valence-electron chi connectivity index (χ0n) is 15.0. The van der Waals surface area contributed by atoms with Crippen molar-refractivity contribution >= 4 is 39.1 Å². The van der Waals surface area contributed by atoms with E-state index in [1.54, 1.807) is 0 Å². The zero-order chi connectivity index (χ0) is 18.7. The van der Waals surface area contributed by atoms with Crippen LogP contribution >= 0.6 is 15.9 Å². The Labute approximate surface area is 162 Å². The van der Waals surface area contributed by atoms with Crippen molar-refractivity contribution in [2.45, 2.75) is 38.5 Å². The molecule has 2 aromatic rings. The first-order chi connectivity index (χ1) is 12.4. The van der Waals surface area contributed by atoms with E-state index in [-0.39, 0.29) is 11.8 Å². The standard InChI is InChI=1S/C21H23BrN2O2/c1-14(2)13-19(25)23-17-7-9-18(10-8-17)24-20(26)21(11-12-21)15-3-5-16(22)6-4-15/h3-10,14H,11-13H2,1-2H3,(H,23,25)(H,24,26). The van der Waals surface area contributed by atoms with Crippen molar-refractivity contribution < 1.29 is 9.59 Å². The molecule has 0 heterocycles. The normalized spacial score (nSPS) is 14.8. The predicted octanol–water partition coefficient (Wildman–Crippen LogP) is 5.10. The highest BCUT2D eigenvalue weighted by molar-refractivity contribution is 9.10. The molecular weight excluding hydrogens is 392 g/mol. The second-order valence-electron chi connectivity index (χ2n) is 7.27. The summed E-state index contributed by atoms with van der Waals surface area (Å²) in [4.78, 5) is 24.6. The fourth-order valence-electron chi connectivity index (χ4n) is 3.01. The smallest absolute Gasteiger partial charge is 0.235 e. The summed E-state index contributed by atoms with van der Waals surface area (Å²) in [5.41, 5.74) is 2.11. The van der Waals surface area contributed by atoms with Gasteiger partial charge in [0.25, 0.3) is 0 Å². The average molecular weight is 415 g/mol. The lowest BCUT2D eigenvalue weighted by molar-refractivity contribution is -0.118. The molecule has 1 aliphatic carbocycles. The summed E-state index contributed by atoms with van der Waals surface area (Å²) < 4.78 is 1.01. The molecule has 0 spiro atoms. The largest absolute Gasteiger partial charge is 0.326 e. The Balaban J connectivity index is 1.63. The number of anilines is 2. The third kappa shape index (κ3) is 4.33. The number of carbonyl (C=O) groups excluding carboxylic acids is 2. The fourth-order valence-corrected chi connectivity index (χ4v) is 3.28. The number of carbonyl (C=O) groups is 2. The van der Waals surface area contributed by atoms with Crippen LogP contribution in [0, 0.1) is 5.92 Å². The van der Waals surface area contributed by atoms with Gasteiger partial charge in [-0.25, -0.2) is 0 Å². The van der Waals surface area contributed by atoms with Crippen molar-refractivity contribution in [3.05, 3.63) is 58.6 Å². The van der Waals surface area contributed by atoms with E-state index in [9.17, 15) is 9.59 Å². The Morgan fingerprint density at radius 3 is 2.00 bits per heavy atom. The summed E-state index contributed by atoms with van der Waals surface area (Å²) in [6, 6.07) is 15.2. The third-order valence-electron chi connectivity index (χ3n) is 4.60. The van der Waals surface area contributed by atoms with Crippen molar-refractivity contribution in [3.8, 4) is 0 Å². The number of benzene rings is 2. The highest BCUT2D eigenvalue weighted by Gasteiger charge is 2.51. The quantitative estimate of drug-likeness (QED) is 0.690. The first kappa shape index (κ1) is 18.6. The van der Waals surface area contributed by atoms with Crippen LogP contribution in [0.15, 0.2) is 53.0 Å². The van der Waals surface area contributed by atoms with E-state index in [0.717, 1.165) is 34.3 Å². The summed E-state index contributed by atoms with van der Waals surface area (Å²) in [7, 11) is 0. The number of amides is 2. The van der Waals surface area contributed by atoms with E-state index in [1.807, 2.05) is 62.4 Å². The Kier molecular flexibility index (Phi) is 5.47. The molecule has 0 atom stereocenters. The van der Waals surface area contributed by atoms with Crippen LogP contribution in [0.3, 0.4) is 0 Å². The molecule has 1 saturated carbocycles. The van der Waals surface area contributed by atoms with Gasteiger partial charge in [0.05, 0.1) is 5.41 Å². The maximum absolute atomic E-state index is 12.8. The molecule has 0 bridgehead atoms. The predicted molar refractivity (Wildman–Crippen MR) is 108 cm³/mol. The lowest BCUT2D eigenvalue weighted by atomic mass is 9.95. The lowest BCUT2D eigenvalue weighted by Crippen LogP contribution is -2.27. The topological polar surface area (TPSA) is 58.2 Å². The molecule has 0 saturated heterocycles. The van der Waals surface area contributed by atoms with Crippen LogP contribution in [0.2, 0.25) is 0 Å². The molecule has 136 valence electrons. The minimum atomic E-state index is -0.412. The van der Waals surface area contributed by atoms with Crippen LogP contribution < -0.4 is 10.6 Å². The Bertz CT molecular complexity index is 794. The van der Waals surface area contributed by atoms with Gasteiger partial charge in [0.15, 0.2) is 0 Å². The Hall–Kier alpha value is -2.14. The third-order valence-corrected chi connectivity index (χ3v) is 5.13. The van der Waals surface area contributed by atoms with Gasteiger partial charge in [-0.2, -0.15) is 0 Å². The first-order valence-electron chi connectivity index (χ1n) is 8.86. The van der Waals surface area contributed by atoms with Crippen molar-refractivity contribution in [1.29, 1.82) is 0 Å². The van der Waals surface area contributed by atoms with E-state index in [2.05, 4.69) is 26.6 Å². The highest BCUT2D eigenvalue weighted by Crippen LogP contribution is 2.49. The van der Waals surface area contributed by atoms with E-state index in [1.165, 1.54) is 0 Å². The van der Waals surface area contributed by atoms with E-state index in [0.29, 0.717) is 12.3 Å². The van der Waals surface area contributed by atoms with E-state index in [4.69, 9.17) is 0 Å². The minimum Gasteiger partial charge on any atom is -0.326 e. The maximum atomic E-state index is 12.8. The van der Waals surface area contributed by atoms with Gasteiger partial charge in [0.2, 0.25) is 11.8 Å². The van der Waals surface area contributed by atoms with Gasteiger partial charge < -0.3 is 10.6 Å². The van der Waals surface area contributed by atoms with Gasteiger partial charge in [-0.3, -0.25) is 9.59 Å². The molecule has 2 aromatic carbocycles. The second kappa shape index (κ2) is 7.62. The van der Waals surface area contributed by atoms with E-state index < -0.39 is 5.41 Å². The molecule has 2 amide bonds. The SMILES string of the molecule is CC(C)CC(=O)Nc1ccc(NC(=O)C2(c3ccc(Br)cc3)CC2)cc1. The molecule has 0 radical (unpaired) electrons. The van der Waals surface area contributed by atoms with Crippen LogP contribution in [0.25, 0.3) is 0 Å². The summed E-state index contributed by atoms with van der Waals surface area (Å²) in [5, 5.41) is 5.88. The molecule has 0 unspecified atom stereocenters. The molecule has 2 N–H and O–H groups in total. The molecule has 0 aromatic heterocycles. The van der Waals surface area contributed by atoms with Gasteiger partial charge in [0.1, 0.15) is 0 Å². The van der Waals surface area contributed by atoms with Gasteiger partial charge in [-0.05, 0) is 60.7 Å². The van der Waals surface area contributed by atoms with Crippen molar-refractivity contribution in [1.82, 2.24) is 0 Å². The average Bonchev–Trinajstić information content (AvgIpc) is 3.38. The number of hydrogen-bond donors (Lipinski definition) is 2. The molecule has 4 nitrogen and oxygen atoms in total.